The SMILES string of the molecule is CC(NC(=O)CCc1nc(-c2cccs2)no1)c1ccc(F)c(F)c1. The molecule has 0 radical (unpaired) electrons. The second kappa shape index (κ2) is 7.52. The van der Waals surface area contributed by atoms with Crippen LogP contribution in [0.2, 0.25) is 0 Å². The van der Waals surface area contributed by atoms with E-state index in [0.29, 0.717) is 23.7 Å². The highest BCUT2D eigenvalue weighted by Crippen LogP contribution is 2.21. The molecule has 0 aliphatic carbocycles. The number of aromatic nitrogens is 2. The van der Waals surface area contributed by atoms with Crippen LogP contribution in [0.25, 0.3) is 10.7 Å². The van der Waals surface area contributed by atoms with Gasteiger partial charge in [-0.05, 0) is 36.1 Å². The maximum Gasteiger partial charge on any atom is 0.227 e. The van der Waals surface area contributed by atoms with Crippen molar-refractivity contribution >= 4 is 17.2 Å². The van der Waals surface area contributed by atoms with Crippen LogP contribution in [0.5, 0.6) is 0 Å². The summed E-state index contributed by atoms with van der Waals surface area (Å²) in [5, 5.41) is 8.53. The molecule has 0 bridgehead atoms. The Bertz CT molecular complexity index is 865. The van der Waals surface area contributed by atoms with Crippen molar-refractivity contribution in [2.45, 2.75) is 25.8 Å². The van der Waals surface area contributed by atoms with E-state index in [9.17, 15) is 13.6 Å². The van der Waals surface area contributed by atoms with Gasteiger partial charge in [0.1, 0.15) is 0 Å². The fourth-order valence-electron chi connectivity index (χ4n) is 2.26. The van der Waals surface area contributed by atoms with Crippen LogP contribution < -0.4 is 5.32 Å². The quantitative estimate of drug-likeness (QED) is 0.721. The van der Waals surface area contributed by atoms with Crippen molar-refractivity contribution < 1.29 is 18.1 Å². The molecule has 3 aromatic rings. The smallest absolute Gasteiger partial charge is 0.227 e. The second-order valence-electron chi connectivity index (χ2n) is 5.45. The lowest BCUT2D eigenvalue weighted by molar-refractivity contribution is -0.121. The third kappa shape index (κ3) is 4.27. The van der Waals surface area contributed by atoms with Crippen LogP contribution in [-0.4, -0.2) is 16.0 Å². The molecule has 0 aliphatic heterocycles. The fourth-order valence-corrected chi connectivity index (χ4v) is 2.91. The maximum absolute atomic E-state index is 13.3. The van der Waals surface area contributed by atoms with Gasteiger partial charge in [-0.2, -0.15) is 4.98 Å². The number of nitrogens with zero attached hydrogens (tertiary/aromatic N) is 2. The zero-order valence-electron chi connectivity index (χ0n) is 13.3. The number of carbonyl (C=O) groups is 1. The van der Waals surface area contributed by atoms with Crippen molar-refractivity contribution in [1.82, 2.24) is 15.5 Å². The first-order valence-electron chi connectivity index (χ1n) is 7.63. The molecule has 1 unspecified atom stereocenters. The van der Waals surface area contributed by atoms with Crippen LogP contribution in [0, 0.1) is 11.6 Å². The topological polar surface area (TPSA) is 68.0 Å². The van der Waals surface area contributed by atoms with E-state index in [4.69, 9.17) is 4.52 Å². The maximum atomic E-state index is 13.3. The van der Waals surface area contributed by atoms with Crippen molar-refractivity contribution in [3.63, 3.8) is 0 Å². The predicted octanol–water partition coefficient (Wildman–Crippen LogP) is 3.89. The van der Waals surface area contributed by atoms with E-state index in [0.717, 1.165) is 17.0 Å². The summed E-state index contributed by atoms with van der Waals surface area (Å²) in [7, 11) is 0. The van der Waals surface area contributed by atoms with Crippen LogP contribution >= 0.6 is 11.3 Å². The van der Waals surface area contributed by atoms with Gasteiger partial charge >= 0.3 is 0 Å². The third-order valence-corrected chi connectivity index (χ3v) is 4.46. The lowest BCUT2D eigenvalue weighted by atomic mass is 10.1. The van der Waals surface area contributed by atoms with Crippen molar-refractivity contribution in [3.05, 3.63) is 58.8 Å². The van der Waals surface area contributed by atoms with E-state index in [1.165, 1.54) is 17.4 Å². The minimum Gasteiger partial charge on any atom is -0.350 e. The highest BCUT2D eigenvalue weighted by atomic mass is 32.1. The van der Waals surface area contributed by atoms with E-state index in [2.05, 4.69) is 15.5 Å². The minimum atomic E-state index is -0.939. The number of rotatable bonds is 6. The molecule has 130 valence electrons. The molecule has 25 heavy (non-hydrogen) atoms. The number of benzene rings is 1. The van der Waals surface area contributed by atoms with E-state index >= 15 is 0 Å². The first-order valence-corrected chi connectivity index (χ1v) is 8.51. The normalized spacial score (nSPS) is 12.1. The Hall–Kier alpha value is -2.61. The molecule has 5 nitrogen and oxygen atoms in total. The number of aryl methyl sites for hydroxylation is 1. The molecule has 1 amide bonds. The Kier molecular flexibility index (Phi) is 5.18. The Morgan fingerprint density at radius 2 is 2.16 bits per heavy atom. The van der Waals surface area contributed by atoms with E-state index in [-0.39, 0.29) is 12.3 Å². The summed E-state index contributed by atoms with van der Waals surface area (Å²) in [6, 6.07) is 6.89. The van der Waals surface area contributed by atoms with Gasteiger partial charge in [-0.1, -0.05) is 17.3 Å². The van der Waals surface area contributed by atoms with Gasteiger partial charge in [-0.25, -0.2) is 8.78 Å². The molecule has 3 rings (SSSR count). The molecule has 2 aromatic heterocycles. The Morgan fingerprint density at radius 1 is 1.32 bits per heavy atom. The molecule has 0 saturated carbocycles. The first-order chi connectivity index (χ1) is 12.0. The van der Waals surface area contributed by atoms with Gasteiger partial charge in [0, 0.05) is 12.8 Å². The predicted molar refractivity (Wildman–Crippen MR) is 88.8 cm³/mol. The van der Waals surface area contributed by atoms with Gasteiger partial charge in [0.05, 0.1) is 10.9 Å². The summed E-state index contributed by atoms with van der Waals surface area (Å²) in [4.78, 5) is 17.2. The molecule has 1 atom stereocenters. The molecule has 0 fully saturated rings. The highest BCUT2D eigenvalue weighted by Gasteiger charge is 2.14. The minimum absolute atomic E-state index is 0.153. The average Bonchev–Trinajstić information content (AvgIpc) is 3.26. The summed E-state index contributed by atoms with van der Waals surface area (Å²) in [6.45, 7) is 1.70. The Balaban J connectivity index is 1.53. The van der Waals surface area contributed by atoms with E-state index < -0.39 is 17.7 Å². The van der Waals surface area contributed by atoms with E-state index in [1.54, 1.807) is 6.92 Å². The average molecular weight is 363 g/mol. The van der Waals surface area contributed by atoms with Crippen LogP contribution in [0.15, 0.2) is 40.2 Å². The Morgan fingerprint density at radius 3 is 2.88 bits per heavy atom. The van der Waals surface area contributed by atoms with Crippen LogP contribution in [0.1, 0.15) is 30.8 Å². The summed E-state index contributed by atoms with van der Waals surface area (Å²) in [6.07, 6.45) is 0.453. The summed E-state index contributed by atoms with van der Waals surface area (Å²) >= 11 is 1.50. The first kappa shape index (κ1) is 17.2. The van der Waals surface area contributed by atoms with Gasteiger partial charge in [0.2, 0.25) is 17.6 Å². The summed E-state index contributed by atoms with van der Waals surface area (Å²) < 4.78 is 31.3. The van der Waals surface area contributed by atoms with Crippen LogP contribution in [0.4, 0.5) is 8.78 Å². The largest absolute Gasteiger partial charge is 0.350 e. The standard InChI is InChI=1S/C17H15F2N3O2S/c1-10(11-4-5-12(18)13(19)9-11)20-15(23)6-7-16-21-17(22-24-16)14-3-2-8-25-14/h2-5,8-10H,6-7H2,1H3,(H,20,23). The number of hydrogen-bond acceptors (Lipinski definition) is 5. The lowest BCUT2D eigenvalue weighted by Crippen LogP contribution is -2.27. The molecule has 0 aliphatic rings. The van der Waals surface area contributed by atoms with Crippen molar-refractivity contribution in [2.24, 2.45) is 0 Å². The molecule has 8 heteroatoms. The number of thiophene rings is 1. The molecule has 0 saturated heterocycles. The molecule has 0 spiro atoms. The Labute approximate surface area is 146 Å². The fraction of sp³-hybridized carbons (Fsp3) is 0.235. The monoisotopic (exact) mass is 363 g/mol. The number of nitrogens with one attached hydrogen (secondary N) is 1. The van der Waals surface area contributed by atoms with Gasteiger partial charge in [0.15, 0.2) is 11.6 Å². The van der Waals surface area contributed by atoms with Crippen LogP contribution in [-0.2, 0) is 11.2 Å². The number of amides is 1. The lowest BCUT2D eigenvalue weighted by Gasteiger charge is -2.14. The zero-order chi connectivity index (χ0) is 17.8. The number of carbonyl (C=O) groups excluding carboxylic acids is 1. The highest BCUT2D eigenvalue weighted by molar-refractivity contribution is 7.13. The summed E-state index contributed by atoms with van der Waals surface area (Å²) in [5.74, 6) is -1.22. The third-order valence-electron chi connectivity index (χ3n) is 3.60. The number of halogens is 2. The van der Waals surface area contributed by atoms with Crippen molar-refractivity contribution in [2.75, 3.05) is 0 Å². The molecular weight excluding hydrogens is 348 g/mol. The van der Waals surface area contributed by atoms with Gasteiger partial charge < -0.3 is 9.84 Å². The van der Waals surface area contributed by atoms with E-state index in [1.807, 2.05) is 17.5 Å². The molecule has 1 aromatic carbocycles. The second-order valence-corrected chi connectivity index (χ2v) is 6.40. The molecule has 1 N–H and O–H groups in total. The zero-order valence-corrected chi connectivity index (χ0v) is 14.1. The van der Waals surface area contributed by atoms with Crippen molar-refractivity contribution in [3.8, 4) is 10.7 Å². The molecular formula is C17H15F2N3O2S. The number of hydrogen-bond donors (Lipinski definition) is 1. The van der Waals surface area contributed by atoms with Gasteiger partial charge in [0.25, 0.3) is 0 Å². The van der Waals surface area contributed by atoms with Crippen molar-refractivity contribution in [1.29, 1.82) is 0 Å². The van der Waals surface area contributed by atoms with Gasteiger partial charge in [-0.3, -0.25) is 4.79 Å². The molecule has 2 heterocycles. The van der Waals surface area contributed by atoms with Gasteiger partial charge in [-0.15, -0.1) is 11.3 Å². The van der Waals surface area contributed by atoms with Crippen LogP contribution in [0.3, 0.4) is 0 Å². The summed E-state index contributed by atoms with van der Waals surface area (Å²) in [5.41, 5.74) is 0.491.